The molecule has 0 aliphatic carbocycles. The Hall–Kier alpha value is -2.06. The number of aliphatic hydroxyl groups excluding tert-OH is 1. The summed E-state index contributed by atoms with van der Waals surface area (Å²) in [6.45, 7) is 9.30. The average molecular weight is 427 g/mol. The van der Waals surface area contributed by atoms with Crippen molar-refractivity contribution in [1.82, 2.24) is 18.5 Å². The molecule has 160 valence electrons. The molecule has 1 atom stereocenters. The van der Waals surface area contributed by atoms with Crippen molar-refractivity contribution in [2.24, 2.45) is 0 Å². The van der Waals surface area contributed by atoms with Crippen molar-refractivity contribution in [2.75, 3.05) is 33.4 Å². The number of benzene rings is 2. The molecule has 3 aromatic rings. The lowest BCUT2D eigenvalue weighted by Crippen LogP contribution is -2.52. The summed E-state index contributed by atoms with van der Waals surface area (Å²) in [6.07, 6.45) is 0.791. The highest BCUT2D eigenvalue weighted by Crippen LogP contribution is 2.27. The highest BCUT2D eigenvalue weighted by molar-refractivity contribution is 7.00. The first-order valence-corrected chi connectivity index (χ1v) is 11.2. The second-order valence-electron chi connectivity index (χ2n) is 8.14. The van der Waals surface area contributed by atoms with Crippen molar-refractivity contribution in [3.8, 4) is 5.75 Å². The van der Waals surface area contributed by atoms with Crippen LogP contribution in [0.3, 0.4) is 0 Å². The normalized spacial score (nSPS) is 18.2. The molecule has 2 aromatic carbocycles. The second kappa shape index (κ2) is 9.39. The number of aliphatic hydroxyl groups is 1. The van der Waals surface area contributed by atoms with E-state index in [4.69, 9.17) is 4.74 Å². The number of methoxy groups -OCH3 is 1. The molecule has 0 spiro atoms. The zero-order chi connectivity index (χ0) is 21.1. The Labute approximate surface area is 182 Å². The van der Waals surface area contributed by atoms with E-state index in [0.29, 0.717) is 6.04 Å². The lowest BCUT2D eigenvalue weighted by Gasteiger charge is -2.41. The fraction of sp³-hybridized carbons (Fsp3) is 0.478. The Morgan fingerprint density at radius 1 is 1.07 bits per heavy atom. The van der Waals surface area contributed by atoms with Crippen LogP contribution >= 0.6 is 11.7 Å². The first-order chi connectivity index (χ1) is 14.6. The van der Waals surface area contributed by atoms with Gasteiger partial charge in [0.2, 0.25) is 0 Å². The van der Waals surface area contributed by atoms with Crippen LogP contribution in [0.4, 0.5) is 0 Å². The molecule has 0 saturated carbocycles. The second-order valence-corrected chi connectivity index (χ2v) is 8.66. The number of fused-ring (bicyclic) bond motifs is 1. The highest BCUT2D eigenvalue weighted by atomic mass is 32.1. The lowest BCUT2D eigenvalue weighted by molar-refractivity contribution is 0.0498. The number of piperazine rings is 1. The minimum atomic E-state index is 0.214. The van der Waals surface area contributed by atoms with E-state index in [2.05, 4.69) is 62.7 Å². The standard InChI is InChI=1S/C23H30N4O2S/c1-16-17(2)23(29-3)7-5-19(16)14-27-10-9-26(15-20(27)8-11-28)13-18-4-6-21-22(12-18)25-30-24-21/h4-7,12,20,28H,8-11,13-15H2,1-3H3/t20-/m0/s1. The molecule has 0 bridgehead atoms. The quantitative estimate of drug-likeness (QED) is 0.625. The summed E-state index contributed by atoms with van der Waals surface area (Å²) in [7, 11) is 1.72. The molecule has 2 heterocycles. The number of nitrogens with zero attached hydrogens (tertiary/aromatic N) is 4. The van der Waals surface area contributed by atoms with Crippen LogP contribution in [0.5, 0.6) is 5.75 Å². The van der Waals surface area contributed by atoms with E-state index in [-0.39, 0.29) is 6.61 Å². The van der Waals surface area contributed by atoms with E-state index in [1.54, 1.807) is 7.11 Å². The third kappa shape index (κ3) is 4.49. The Kier molecular flexibility index (Phi) is 6.63. The zero-order valence-electron chi connectivity index (χ0n) is 18.0. The maximum absolute atomic E-state index is 9.66. The van der Waals surface area contributed by atoms with Crippen molar-refractivity contribution in [3.05, 3.63) is 52.6 Å². The SMILES string of the molecule is COc1ccc(CN2CCN(Cc3ccc4nsnc4c3)C[C@@H]2CCO)c(C)c1C. The number of hydrogen-bond acceptors (Lipinski definition) is 7. The molecule has 1 saturated heterocycles. The topological polar surface area (TPSA) is 61.7 Å². The molecule has 30 heavy (non-hydrogen) atoms. The molecule has 0 radical (unpaired) electrons. The van der Waals surface area contributed by atoms with Gasteiger partial charge >= 0.3 is 0 Å². The van der Waals surface area contributed by atoms with Crippen LogP contribution < -0.4 is 4.74 Å². The Morgan fingerprint density at radius 2 is 1.90 bits per heavy atom. The number of ether oxygens (including phenoxy) is 1. The van der Waals surface area contributed by atoms with Gasteiger partial charge in [-0.2, -0.15) is 8.75 Å². The van der Waals surface area contributed by atoms with Crippen LogP contribution in [-0.2, 0) is 13.1 Å². The molecule has 1 fully saturated rings. The van der Waals surface area contributed by atoms with E-state index in [1.807, 2.05) is 0 Å². The predicted octanol–water partition coefficient (Wildman–Crippen LogP) is 3.39. The fourth-order valence-corrected chi connectivity index (χ4v) is 4.90. The molecule has 1 aliphatic rings. The molecule has 1 aliphatic heterocycles. The molecule has 0 amide bonds. The maximum Gasteiger partial charge on any atom is 0.122 e. The van der Waals surface area contributed by atoms with Crippen molar-refractivity contribution < 1.29 is 9.84 Å². The number of hydrogen-bond donors (Lipinski definition) is 1. The third-order valence-electron chi connectivity index (χ3n) is 6.32. The molecular formula is C23H30N4O2S. The fourth-order valence-electron chi connectivity index (χ4n) is 4.38. The highest BCUT2D eigenvalue weighted by Gasteiger charge is 2.27. The van der Waals surface area contributed by atoms with Gasteiger partial charge in [0.1, 0.15) is 16.8 Å². The zero-order valence-corrected chi connectivity index (χ0v) is 18.8. The smallest absolute Gasteiger partial charge is 0.122 e. The van der Waals surface area contributed by atoms with Gasteiger partial charge in [-0.15, -0.1) is 0 Å². The van der Waals surface area contributed by atoms with Crippen LogP contribution in [-0.4, -0.2) is 63.0 Å². The third-order valence-corrected chi connectivity index (χ3v) is 6.88. The van der Waals surface area contributed by atoms with Gasteiger partial charge in [-0.25, -0.2) is 0 Å². The van der Waals surface area contributed by atoms with Gasteiger partial charge in [-0.3, -0.25) is 9.80 Å². The Morgan fingerprint density at radius 3 is 2.70 bits per heavy atom. The van der Waals surface area contributed by atoms with Crippen LogP contribution in [0.2, 0.25) is 0 Å². The van der Waals surface area contributed by atoms with Gasteiger partial charge < -0.3 is 9.84 Å². The summed E-state index contributed by atoms with van der Waals surface area (Å²) in [5.74, 6) is 0.945. The minimum Gasteiger partial charge on any atom is -0.496 e. The summed E-state index contributed by atoms with van der Waals surface area (Å²) in [5.41, 5.74) is 7.06. The Bertz CT molecular complexity index is 1010. The first-order valence-electron chi connectivity index (χ1n) is 10.5. The monoisotopic (exact) mass is 426 g/mol. The summed E-state index contributed by atoms with van der Waals surface area (Å²) in [4.78, 5) is 5.01. The van der Waals surface area contributed by atoms with E-state index < -0.39 is 0 Å². The van der Waals surface area contributed by atoms with Gasteiger partial charge in [-0.1, -0.05) is 12.1 Å². The van der Waals surface area contributed by atoms with Crippen LogP contribution in [0.15, 0.2) is 30.3 Å². The van der Waals surface area contributed by atoms with Crippen LogP contribution in [0.25, 0.3) is 11.0 Å². The molecule has 1 N–H and O–H groups in total. The summed E-state index contributed by atoms with van der Waals surface area (Å²) in [6, 6.07) is 11.0. The van der Waals surface area contributed by atoms with Gasteiger partial charge in [0, 0.05) is 45.4 Å². The number of rotatable bonds is 7. The summed E-state index contributed by atoms with van der Waals surface area (Å²) >= 11 is 1.26. The van der Waals surface area contributed by atoms with E-state index in [1.165, 1.54) is 34.0 Å². The first kappa shape index (κ1) is 21.2. The maximum atomic E-state index is 9.66. The summed E-state index contributed by atoms with van der Waals surface area (Å²) < 4.78 is 14.1. The molecule has 6 nitrogen and oxygen atoms in total. The van der Waals surface area contributed by atoms with E-state index in [9.17, 15) is 5.11 Å². The van der Waals surface area contributed by atoms with Gasteiger partial charge in [0.05, 0.1) is 18.8 Å². The Balaban J connectivity index is 1.44. The molecule has 1 aromatic heterocycles. The molecule has 0 unspecified atom stereocenters. The van der Waals surface area contributed by atoms with Crippen molar-refractivity contribution >= 4 is 22.8 Å². The van der Waals surface area contributed by atoms with Gasteiger partial charge in [-0.05, 0) is 60.7 Å². The average Bonchev–Trinajstić information content (AvgIpc) is 3.21. The molecule has 4 rings (SSSR count). The van der Waals surface area contributed by atoms with Crippen molar-refractivity contribution in [2.45, 2.75) is 39.4 Å². The lowest BCUT2D eigenvalue weighted by atomic mass is 10.00. The van der Waals surface area contributed by atoms with Crippen LogP contribution in [0, 0.1) is 13.8 Å². The molecule has 7 heteroatoms. The molecular weight excluding hydrogens is 396 g/mol. The minimum absolute atomic E-state index is 0.214. The van der Waals surface area contributed by atoms with Gasteiger partial charge in [0.15, 0.2) is 0 Å². The summed E-state index contributed by atoms with van der Waals surface area (Å²) in [5, 5.41) is 9.66. The van der Waals surface area contributed by atoms with E-state index in [0.717, 1.165) is 55.9 Å². The largest absolute Gasteiger partial charge is 0.496 e. The van der Waals surface area contributed by atoms with Crippen molar-refractivity contribution in [3.63, 3.8) is 0 Å². The predicted molar refractivity (Wildman–Crippen MR) is 121 cm³/mol. The van der Waals surface area contributed by atoms with Crippen LogP contribution in [0.1, 0.15) is 28.7 Å². The van der Waals surface area contributed by atoms with Crippen molar-refractivity contribution in [1.29, 1.82) is 0 Å². The van der Waals surface area contributed by atoms with E-state index >= 15 is 0 Å². The number of aromatic nitrogens is 2. The van der Waals surface area contributed by atoms with Gasteiger partial charge in [0.25, 0.3) is 0 Å².